The predicted molar refractivity (Wildman–Crippen MR) is 77.8 cm³/mol. The zero-order chi connectivity index (χ0) is 14.3. The van der Waals surface area contributed by atoms with Crippen molar-refractivity contribution in [1.29, 1.82) is 5.26 Å². The summed E-state index contributed by atoms with van der Waals surface area (Å²) >= 11 is 3.40. The lowest BCUT2D eigenvalue weighted by Gasteiger charge is -2.01. The Labute approximate surface area is 123 Å². The molecule has 0 atom stereocenters. The van der Waals surface area contributed by atoms with Crippen molar-refractivity contribution >= 4 is 27.4 Å². The molecule has 3 aromatic rings. The van der Waals surface area contributed by atoms with Gasteiger partial charge in [-0.25, -0.2) is 0 Å². The van der Waals surface area contributed by atoms with Crippen LogP contribution in [0.3, 0.4) is 0 Å². The Balaban J connectivity index is 2.32. The van der Waals surface area contributed by atoms with Crippen molar-refractivity contribution in [1.82, 2.24) is 19.8 Å². The number of aryl methyl sites for hydroxylation is 1. The maximum Gasteiger partial charge on any atom is 0.205 e. The Bertz CT molecular complexity index is 844. The summed E-state index contributed by atoms with van der Waals surface area (Å²) in [5.41, 5.74) is 9.11. The maximum absolute atomic E-state index is 8.92. The molecular formula is C13H9BrN6. The van der Waals surface area contributed by atoms with Gasteiger partial charge < -0.3 is 5.73 Å². The van der Waals surface area contributed by atoms with Gasteiger partial charge in [0.1, 0.15) is 6.07 Å². The monoisotopic (exact) mass is 328 g/mol. The van der Waals surface area contributed by atoms with Gasteiger partial charge in [-0.15, -0.1) is 10.2 Å². The van der Waals surface area contributed by atoms with E-state index in [4.69, 9.17) is 11.0 Å². The van der Waals surface area contributed by atoms with Crippen molar-refractivity contribution < 1.29 is 0 Å². The first kappa shape index (κ1) is 12.6. The van der Waals surface area contributed by atoms with Crippen LogP contribution in [0.4, 0.5) is 5.82 Å². The number of hydrogen-bond donors (Lipinski definition) is 1. The van der Waals surface area contributed by atoms with Gasteiger partial charge in [0, 0.05) is 4.47 Å². The van der Waals surface area contributed by atoms with Gasteiger partial charge in [0.2, 0.25) is 5.69 Å². The van der Waals surface area contributed by atoms with Crippen molar-refractivity contribution in [3.63, 3.8) is 0 Å². The van der Waals surface area contributed by atoms with Gasteiger partial charge in [0.25, 0.3) is 0 Å². The Kier molecular flexibility index (Phi) is 2.88. The number of rotatable bonds is 1. The molecule has 0 bridgehead atoms. The number of nitriles is 1. The summed E-state index contributed by atoms with van der Waals surface area (Å²) in [4.78, 5) is 0. The first-order valence-electron chi connectivity index (χ1n) is 5.79. The van der Waals surface area contributed by atoms with Gasteiger partial charge in [-0.3, -0.25) is 0 Å². The first-order chi connectivity index (χ1) is 9.61. The van der Waals surface area contributed by atoms with Crippen LogP contribution in [0.25, 0.3) is 16.8 Å². The molecule has 0 saturated carbocycles. The molecule has 0 saturated heterocycles. The normalized spacial score (nSPS) is 10.7. The fraction of sp³-hybridized carbons (Fsp3) is 0.0769. The number of aromatic nitrogens is 4. The number of nitrogen functional groups attached to an aromatic ring is 1. The zero-order valence-corrected chi connectivity index (χ0v) is 12.1. The Morgan fingerprint density at radius 3 is 2.60 bits per heavy atom. The van der Waals surface area contributed by atoms with E-state index in [2.05, 4.69) is 31.2 Å². The van der Waals surface area contributed by atoms with Crippen LogP contribution in [-0.2, 0) is 0 Å². The molecule has 0 fully saturated rings. The molecule has 98 valence electrons. The second kappa shape index (κ2) is 4.58. The molecule has 0 aliphatic heterocycles. The van der Waals surface area contributed by atoms with E-state index >= 15 is 0 Å². The third-order valence-corrected chi connectivity index (χ3v) is 3.52. The summed E-state index contributed by atoms with van der Waals surface area (Å²) in [5, 5.41) is 21.2. The van der Waals surface area contributed by atoms with Crippen molar-refractivity contribution in [2.45, 2.75) is 6.92 Å². The number of nitrogens with zero attached hydrogens (tertiary/aromatic N) is 5. The van der Waals surface area contributed by atoms with Gasteiger partial charge in [0.15, 0.2) is 11.5 Å². The summed E-state index contributed by atoms with van der Waals surface area (Å²) in [5.74, 6) is 0.198. The molecule has 1 aromatic carbocycles. The van der Waals surface area contributed by atoms with Crippen molar-refractivity contribution in [2.75, 3.05) is 5.73 Å². The molecule has 0 amide bonds. The largest absolute Gasteiger partial charge is 0.381 e. The van der Waals surface area contributed by atoms with Crippen LogP contribution in [0.2, 0.25) is 0 Å². The maximum atomic E-state index is 8.92. The standard InChI is InChI=1S/C13H9BrN6/c1-7-11(8-2-4-9(14)5-3-8)13-18-17-10(6-15)12(16)20(13)19-7/h2-5H,16H2,1H3. The van der Waals surface area contributed by atoms with Gasteiger partial charge >= 0.3 is 0 Å². The highest BCUT2D eigenvalue weighted by molar-refractivity contribution is 9.10. The Morgan fingerprint density at radius 2 is 1.95 bits per heavy atom. The minimum absolute atomic E-state index is 0.0716. The van der Waals surface area contributed by atoms with Crippen molar-refractivity contribution in [2.24, 2.45) is 0 Å². The predicted octanol–water partition coefficient (Wildman–Crippen LogP) is 2.32. The number of fused-ring (bicyclic) bond motifs is 1. The fourth-order valence-corrected chi connectivity index (χ4v) is 2.32. The highest BCUT2D eigenvalue weighted by Gasteiger charge is 2.17. The van der Waals surface area contributed by atoms with Crippen LogP contribution in [0.5, 0.6) is 0 Å². The fourth-order valence-electron chi connectivity index (χ4n) is 2.06. The van der Waals surface area contributed by atoms with Crippen molar-refractivity contribution in [3.8, 4) is 17.2 Å². The second-order valence-corrected chi connectivity index (χ2v) is 5.16. The molecule has 7 heteroatoms. The lowest BCUT2D eigenvalue weighted by molar-refractivity contribution is 0.879. The molecule has 0 spiro atoms. The quantitative estimate of drug-likeness (QED) is 0.739. The summed E-state index contributed by atoms with van der Waals surface area (Å²) < 4.78 is 2.45. The average molecular weight is 329 g/mol. The first-order valence-corrected chi connectivity index (χ1v) is 6.58. The third kappa shape index (κ3) is 1.82. The molecule has 3 rings (SSSR count). The molecule has 2 aromatic heterocycles. The van der Waals surface area contributed by atoms with Gasteiger partial charge in [0.05, 0.1) is 11.3 Å². The molecular weight excluding hydrogens is 320 g/mol. The van der Waals surface area contributed by atoms with E-state index in [0.717, 1.165) is 21.3 Å². The highest BCUT2D eigenvalue weighted by atomic mass is 79.9. The van der Waals surface area contributed by atoms with E-state index < -0.39 is 0 Å². The van der Waals surface area contributed by atoms with E-state index in [9.17, 15) is 0 Å². The molecule has 0 radical (unpaired) electrons. The van der Waals surface area contributed by atoms with Crippen LogP contribution in [0.1, 0.15) is 11.4 Å². The van der Waals surface area contributed by atoms with E-state index in [1.165, 1.54) is 4.52 Å². The minimum Gasteiger partial charge on any atom is -0.381 e. The lowest BCUT2D eigenvalue weighted by atomic mass is 10.1. The van der Waals surface area contributed by atoms with E-state index in [1.54, 1.807) is 0 Å². The van der Waals surface area contributed by atoms with Crippen LogP contribution in [0.15, 0.2) is 28.7 Å². The lowest BCUT2D eigenvalue weighted by Crippen LogP contribution is -2.06. The van der Waals surface area contributed by atoms with E-state index in [0.29, 0.717) is 5.65 Å². The Hall–Kier alpha value is -2.46. The molecule has 0 aliphatic rings. The molecule has 20 heavy (non-hydrogen) atoms. The summed E-state index contributed by atoms with van der Waals surface area (Å²) in [6.45, 7) is 1.87. The van der Waals surface area contributed by atoms with Gasteiger partial charge in [-0.05, 0) is 24.6 Å². The highest BCUT2D eigenvalue weighted by Crippen LogP contribution is 2.29. The van der Waals surface area contributed by atoms with Crippen LogP contribution in [-0.4, -0.2) is 19.8 Å². The second-order valence-electron chi connectivity index (χ2n) is 4.25. The number of nitrogens with two attached hydrogens (primary N) is 1. The SMILES string of the molecule is Cc1nn2c(N)c(C#N)nnc2c1-c1ccc(Br)cc1. The summed E-state index contributed by atoms with van der Waals surface area (Å²) in [7, 11) is 0. The minimum atomic E-state index is 0.0716. The molecule has 6 nitrogen and oxygen atoms in total. The number of benzene rings is 1. The van der Waals surface area contributed by atoms with Crippen LogP contribution < -0.4 is 5.73 Å². The van der Waals surface area contributed by atoms with Gasteiger partial charge in [-0.1, -0.05) is 28.1 Å². The van der Waals surface area contributed by atoms with Crippen LogP contribution in [0, 0.1) is 18.3 Å². The molecule has 0 unspecified atom stereocenters. The smallest absolute Gasteiger partial charge is 0.205 e. The van der Waals surface area contributed by atoms with Crippen molar-refractivity contribution in [3.05, 3.63) is 40.1 Å². The third-order valence-electron chi connectivity index (χ3n) is 2.99. The topological polar surface area (TPSA) is 92.9 Å². The zero-order valence-electron chi connectivity index (χ0n) is 10.5. The molecule has 2 heterocycles. The van der Waals surface area contributed by atoms with Gasteiger partial charge in [-0.2, -0.15) is 14.9 Å². The number of hydrogen-bond acceptors (Lipinski definition) is 5. The van der Waals surface area contributed by atoms with Crippen LogP contribution >= 0.6 is 15.9 Å². The number of anilines is 1. The molecule has 0 aliphatic carbocycles. The Morgan fingerprint density at radius 1 is 1.25 bits per heavy atom. The van der Waals surface area contributed by atoms with E-state index in [-0.39, 0.29) is 11.5 Å². The summed E-state index contributed by atoms with van der Waals surface area (Å²) in [6, 6.07) is 9.71. The molecule has 2 N–H and O–H groups in total. The average Bonchev–Trinajstić information content (AvgIpc) is 2.78. The van der Waals surface area contributed by atoms with E-state index in [1.807, 2.05) is 37.3 Å². The summed E-state index contributed by atoms with van der Waals surface area (Å²) in [6.07, 6.45) is 0. The number of halogens is 1.